The van der Waals surface area contributed by atoms with Gasteiger partial charge in [0.15, 0.2) is 0 Å². The Morgan fingerprint density at radius 3 is 2.67 bits per heavy atom. The van der Waals surface area contributed by atoms with E-state index < -0.39 is 0 Å². The molecule has 0 spiro atoms. The maximum absolute atomic E-state index is 13.2. The molecule has 0 aliphatic heterocycles. The molecule has 1 atom stereocenters. The van der Waals surface area contributed by atoms with Crippen molar-refractivity contribution in [1.29, 1.82) is 0 Å². The SMILES string of the molecule is CCCNC(CSc1cccc(F)c1)c1cccc(C)c1. The molecule has 0 saturated heterocycles. The third-order valence-electron chi connectivity index (χ3n) is 3.30. The zero-order valence-electron chi connectivity index (χ0n) is 12.6. The molecule has 0 aliphatic carbocycles. The first-order valence-corrected chi connectivity index (χ1v) is 8.36. The number of benzene rings is 2. The second-order valence-corrected chi connectivity index (χ2v) is 6.28. The minimum atomic E-state index is -0.173. The lowest BCUT2D eigenvalue weighted by molar-refractivity contribution is 0.577. The van der Waals surface area contributed by atoms with Crippen molar-refractivity contribution in [3.63, 3.8) is 0 Å². The van der Waals surface area contributed by atoms with Crippen LogP contribution in [-0.4, -0.2) is 12.3 Å². The van der Waals surface area contributed by atoms with Crippen LogP contribution in [0.15, 0.2) is 53.4 Å². The van der Waals surface area contributed by atoms with Crippen LogP contribution in [0, 0.1) is 12.7 Å². The Bertz CT molecular complexity index is 571. The number of nitrogens with one attached hydrogen (secondary N) is 1. The van der Waals surface area contributed by atoms with Gasteiger partial charge in [-0.25, -0.2) is 4.39 Å². The summed E-state index contributed by atoms with van der Waals surface area (Å²) < 4.78 is 13.2. The van der Waals surface area contributed by atoms with Crippen LogP contribution in [0.5, 0.6) is 0 Å². The van der Waals surface area contributed by atoms with E-state index >= 15 is 0 Å². The van der Waals surface area contributed by atoms with Crippen LogP contribution in [0.4, 0.5) is 4.39 Å². The van der Waals surface area contributed by atoms with Crippen molar-refractivity contribution < 1.29 is 4.39 Å². The van der Waals surface area contributed by atoms with E-state index in [1.165, 1.54) is 17.2 Å². The van der Waals surface area contributed by atoms with Gasteiger partial charge in [-0.15, -0.1) is 11.8 Å². The van der Waals surface area contributed by atoms with E-state index in [0.717, 1.165) is 23.6 Å². The summed E-state index contributed by atoms with van der Waals surface area (Å²) in [6, 6.07) is 15.7. The Morgan fingerprint density at radius 1 is 1.14 bits per heavy atom. The molecule has 0 amide bonds. The summed E-state index contributed by atoms with van der Waals surface area (Å²) in [7, 11) is 0. The third kappa shape index (κ3) is 5.18. The van der Waals surface area contributed by atoms with E-state index in [1.807, 2.05) is 6.07 Å². The molecule has 0 heterocycles. The van der Waals surface area contributed by atoms with Crippen LogP contribution in [0.2, 0.25) is 0 Å². The van der Waals surface area contributed by atoms with E-state index in [4.69, 9.17) is 0 Å². The Morgan fingerprint density at radius 2 is 1.95 bits per heavy atom. The zero-order chi connectivity index (χ0) is 15.1. The molecule has 0 bridgehead atoms. The van der Waals surface area contributed by atoms with Crippen molar-refractivity contribution in [3.8, 4) is 0 Å². The summed E-state index contributed by atoms with van der Waals surface area (Å²) in [6.45, 7) is 5.27. The topological polar surface area (TPSA) is 12.0 Å². The van der Waals surface area contributed by atoms with Gasteiger partial charge in [-0.05, 0) is 43.7 Å². The molecule has 0 aromatic heterocycles. The highest BCUT2D eigenvalue weighted by Crippen LogP contribution is 2.25. The van der Waals surface area contributed by atoms with Crippen LogP contribution >= 0.6 is 11.8 Å². The van der Waals surface area contributed by atoms with Crippen LogP contribution in [-0.2, 0) is 0 Å². The number of hydrogen-bond acceptors (Lipinski definition) is 2. The monoisotopic (exact) mass is 303 g/mol. The van der Waals surface area contributed by atoms with E-state index in [2.05, 4.69) is 43.4 Å². The van der Waals surface area contributed by atoms with Crippen molar-refractivity contribution in [3.05, 3.63) is 65.5 Å². The molecule has 1 unspecified atom stereocenters. The number of aryl methyl sites for hydroxylation is 1. The minimum absolute atomic E-state index is 0.173. The minimum Gasteiger partial charge on any atom is -0.309 e. The second-order valence-electron chi connectivity index (χ2n) is 5.19. The first-order valence-electron chi connectivity index (χ1n) is 7.37. The van der Waals surface area contributed by atoms with Gasteiger partial charge in [0.05, 0.1) is 0 Å². The van der Waals surface area contributed by atoms with Crippen molar-refractivity contribution in [2.45, 2.75) is 31.2 Å². The Balaban J connectivity index is 2.06. The van der Waals surface area contributed by atoms with Gasteiger partial charge in [0.1, 0.15) is 5.82 Å². The summed E-state index contributed by atoms with van der Waals surface area (Å²) in [4.78, 5) is 0.978. The molecule has 0 fully saturated rings. The molecule has 0 radical (unpaired) electrons. The van der Waals surface area contributed by atoms with Gasteiger partial charge in [0.2, 0.25) is 0 Å². The first kappa shape index (κ1) is 16.1. The lowest BCUT2D eigenvalue weighted by Gasteiger charge is -2.19. The molecule has 2 aromatic rings. The summed E-state index contributed by atoms with van der Waals surface area (Å²) in [5, 5.41) is 3.58. The standard InChI is InChI=1S/C18H22FNS/c1-3-10-20-18(15-7-4-6-14(2)11-15)13-21-17-9-5-8-16(19)12-17/h4-9,11-12,18,20H,3,10,13H2,1-2H3. The predicted octanol–water partition coefficient (Wildman–Crippen LogP) is 4.97. The van der Waals surface area contributed by atoms with Crippen molar-refractivity contribution in [2.75, 3.05) is 12.3 Å². The van der Waals surface area contributed by atoms with Crippen molar-refractivity contribution in [1.82, 2.24) is 5.32 Å². The zero-order valence-corrected chi connectivity index (χ0v) is 13.4. The van der Waals surface area contributed by atoms with Gasteiger partial charge < -0.3 is 5.32 Å². The highest BCUT2D eigenvalue weighted by Gasteiger charge is 2.11. The molecule has 0 saturated carbocycles. The number of thioether (sulfide) groups is 1. The lowest BCUT2D eigenvalue weighted by atomic mass is 10.1. The molecule has 0 aliphatic rings. The molecule has 2 rings (SSSR count). The fourth-order valence-corrected chi connectivity index (χ4v) is 3.25. The third-order valence-corrected chi connectivity index (χ3v) is 4.39. The number of halogens is 1. The Labute approximate surface area is 131 Å². The fraction of sp³-hybridized carbons (Fsp3) is 0.333. The van der Waals surface area contributed by atoms with E-state index in [9.17, 15) is 4.39 Å². The van der Waals surface area contributed by atoms with Gasteiger partial charge >= 0.3 is 0 Å². The maximum Gasteiger partial charge on any atom is 0.124 e. The van der Waals surface area contributed by atoms with Gasteiger partial charge in [-0.2, -0.15) is 0 Å². The fourth-order valence-electron chi connectivity index (χ4n) is 2.21. The van der Waals surface area contributed by atoms with Gasteiger partial charge in [-0.1, -0.05) is 42.8 Å². The molecular weight excluding hydrogens is 281 g/mol. The maximum atomic E-state index is 13.2. The van der Waals surface area contributed by atoms with Crippen molar-refractivity contribution in [2.24, 2.45) is 0 Å². The van der Waals surface area contributed by atoms with Crippen molar-refractivity contribution >= 4 is 11.8 Å². The largest absolute Gasteiger partial charge is 0.309 e. The van der Waals surface area contributed by atoms with E-state index in [0.29, 0.717) is 0 Å². The van der Waals surface area contributed by atoms with Gasteiger partial charge in [0.25, 0.3) is 0 Å². The highest BCUT2D eigenvalue weighted by molar-refractivity contribution is 7.99. The average Bonchev–Trinajstić information content (AvgIpc) is 2.47. The molecule has 112 valence electrons. The molecule has 1 nitrogen and oxygen atoms in total. The van der Waals surface area contributed by atoms with Crippen LogP contribution in [0.3, 0.4) is 0 Å². The predicted molar refractivity (Wildman–Crippen MR) is 89.3 cm³/mol. The lowest BCUT2D eigenvalue weighted by Crippen LogP contribution is -2.24. The number of rotatable bonds is 7. The van der Waals surface area contributed by atoms with Crippen LogP contribution in [0.1, 0.15) is 30.5 Å². The van der Waals surface area contributed by atoms with Gasteiger partial charge in [-0.3, -0.25) is 0 Å². The molecule has 3 heteroatoms. The Hall–Kier alpha value is -1.32. The van der Waals surface area contributed by atoms with E-state index in [1.54, 1.807) is 23.9 Å². The average molecular weight is 303 g/mol. The normalized spacial score (nSPS) is 12.3. The Kier molecular flexibility index (Phi) is 6.27. The highest BCUT2D eigenvalue weighted by atomic mass is 32.2. The summed E-state index contributed by atoms with van der Waals surface area (Å²) in [6.07, 6.45) is 1.10. The smallest absolute Gasteiger partial charge is 0.124 e. The summed E-state index contributed by atoms with van der Waals surface area (Å²) in [5.41, 5.74) is 2.57. The molecule has 21 heavy (non-hydrogen) atoms. The number of hydrogen-bond donors (Lipinski definition) is 1. The van der Waals surface area contributed by atoms with Crippen LogP contribution < -0.4 is 5.32 Å². The quantitative estimate of drug-likeness (QED) is 0.725. The van der Waals surface area contributed by atoms with Crippen LogP contribution in [0.25, 0.3) is 0 Å². The molecule has 1 N–H and O–H groups in total. The first-order chi connectivity index (χ1) is 10.2. The van der Waals surface area contributed by atoms with E-state index in [-0.39, 0.29) is 11.9 Å². The summed E-state index contributed by atoms with van der Waals surface area (Å²) in [5.74, 6) is 0.723. The summed E-state index contributed by atoms with van der Waals surface area (Å²) >= 11 is 1.69. The second kappa shape index (κ2) is 8.20. The van der Waals surface area contributed by atoms with Gasteiger partial charge in [0, 0.05) is 16.7 Å². The molecular formula is C18H22FNS. The molecule has 2 aromatic carbocycles.